The molecule has 0 unspecified atom stereocenters. The number of aryl methyl sites for hydroxylation is 2. The maximum absolute atomic E-state index is 13.9. The quantitative estimate of drug-likeness (QED) is 0.147. The van der Waals surface area contributed by atoms with Gasteiger partial charge < -0.3 is 0 Å². The van der Waals surface area contributed by atoms with Crippen LogP contribution in [0.2, 0.25) is 0 Å². The second-order valence-electron chi connectivity index (χ2n) is 13.8. The number of azide groups is 1. The monoisotopic (exact) mass is 613 g/mol. The summed E-state index contributed by atoms with van der Waals surface area (Å²) in [4.78, 5) is 21.2. The molecule has 2 aromatic carbocycles. The van der Waals surface area contributed by atoms with E-state index in [9.17, 15) is 10.3 Å². The van der Waals surface area contributed by atoms with Gasteiger partial charge >= 0.3 is 254 Å². The van der Waals surface area contributed by atoms with Crippen LogP contribution in [0.3, 0.4) is 0 Å². The van der Waals surface area contributed by atoms with Crippen molar-refractivity contribution in [2.45, 2.75) is 113 Å². The Morgan fingerprint density at radius 1 is 0.907 bits per heavy atom. The number of fused-ring (bicyclic) bond motifs is 2. The molecule has 0 bridgehead atoms. The van der Waals surface area contributed by atoms with E-state index >= 15 is 0 Å². The third kappa shape index (κ3) is 6.06. The Labute approximate surface area is 254 Å². The molecule has 1 spiro atoms. The first kappa shape index (κ1) is 32.2. The number of ether oxygens (including phenoxy) is 2. The molecule has 2 aromatic rings. The van der Waals surface area contributed by atoms with Gasteiger partial charge in [0.15, 0.2) is 0 Å². The molecule has 0 atom stereocenters. The van der Waals surface area contributed by atoms with Crippen LogP contribution in [0.25, 0.3) is 10.4 Å². The van der Waals surface area contributed by atoms with Crippen molar-refractivity contribution in [2.24, 2.45) is 9.99 Å². The molecule has 0 saturated heterocycles. The number of nitrogens with zero attached hydrogens (tertiary/aromatic N) is 5. The summed E-state index contributed by atoms with van der Waals surface area (Å²) in [6.45, 7) is 23.3. The zero-order valence-corrected chi connectivity index (χ0v) is 28.2. The number of hydrazone groups is 1. The van der Waals surface area contributed by atoms with Gasteiger partial charge in [0.25, 0.3) is 0 Å². The van der Waals surface area contributed by atoms with Crippen molar-refractivity contribution in [3.63, 3.8) is 0 Å². The van der Waals surface area contributed by atoms with Crippen LogP contribution in [0.1, 0.15) is 103 Å². The van der Waals surface area contributed by atoms with E-state index in [1.165, 1.54) is 0 Å². The van der Waals surface area contributed by atoms with E-state index in [2.05, 4.69) is 56.4 Å². The minimum absolute atomic E-state index is 0.335. The number of amides is 1. The number of carbonyl (C=O) groups is 1. The zero-order chi connectivity index (χ0) is 32.1. The molecule has 43 heavy (non-hydrogen) atoms. The van der Waals surface area contributed by atoms with Crippen molar-refractivity contribution in [1.82, 2.24) is 4.78 Å². The molecule has 234 valence electrons. The Hall–Kier alpha value is -3.68. The van der Waals surface area contributed by atoms with E-state index in [1.807, 2.05) is 38.1 Å². The summed E-state index contributed by atoms with van der Waals surface area (Å²) in [7, 11) is -5.59. The van der Waals surface area contributed by atoms with E-state index in [1.54, 1.807) is 27.7 Å². The Morgan fingerprint density at radius 3 is 1.79 bits per heavy atom. The average Bonchev–Trinajstić information content (AvgIpc) is 3.13. The van der Waals surface area contributed by atoms with Gasteiger partial charge in [0.05, 0.1) is 0 Å². The summed E-state index contributed by atoms with van der Waals surface area (Å²) in [5, 5.41) is 4.36. The number of benzene rings is 2. The first-order valence-electron chi connectivity index (χ1n) is 14.5. The standard InChI is InChI=1S/C31H44N5O6P/c1-18(2)38-28-33-36(29(37)39-19(3)4)43(42-28,35-34-32)40-26-22(13-20(5)15-24(26)30(7,8)9)17-23-14-21(6)16-25(27(23)41-43)31(10,11)12/h13-16,18-19H,17H2,1-12H3. The predicted molar refractivity (Wildman–Crippen MR) is 168 cm³/mol. The zero-order valence-electron chi connectivity index (χ0n) is 27.3. The van der Waals surface area contributed by atoms with Crippen LogP contribution in [-0.4, -0.2) is 29.2 Å². The van der Waals surface area contributed by atoms with Crippen molar-refractivity contribution in [3.05, 3.63) is 68.1 Å². The molecule has 11 nitrogen and oxygen atoms in total. The van der Waals surface area contributed by atoms with Gasteiger partial charge in [-0.05, 0) is 0 Å². The third-order valence-corrected chi connectivity index (χ3v) is 9.59. The predicted octanol–water partition coefficient (Wildman–Crippen LogP) is 9.27. The van der Waals surface area contributed by atoms with Gasteiger partial charge in [-0.2, -0.15) is 0 Å². The summed E-state index contributed by atoms with van der Waals surface area (Å²) in [6.07, 6.45) is -1.80. The molecule has 4 rings (SSSR count). The molecular formula is C31H44N5O6P. The molecule has 12 heteroatoms. The molecule has 0 fully saturated rings. The molecule has 0 radical (unpaired) electrons. The molecule has 2 aliphatic heterocycles. The summed E-state index contributed by atoms with van der Waals surface area (Å²) in [6, 6.07) is 8.09. The second-order valence-corrected chi connectivity index (χ2v) is 16.5. The van der Waals surface area contributed by atoms with Crippen LogP contribution in [0.4, 0.5) is 4.79 Å². The van der Waals surface area contributed by atoms with Crippen molar-refractivity contribution < 1.29 is 27.8 Å². The van der Waals surface area contributed by atoms with E-state index < -0.39 is 36.7 Å². The van der Waals surface area contributed by atoms with E-state index in [4.69, 9.17) is 23.0 Å². The molecule has 2 aliphatic rings. The summed E-state index contributed by atoms with van der Waals surface area (Å²) >= 11 is 0. The van der Waals surface area contributed by atoms with Crippen molar-refractivity contribution >= 4 is 19.8 Å². The van der Waals surface area contributed by atoms with E-state index in [-0.39, 0.29) is 6.08 Å². The summed E-state index contributed by atoms with van der Waals surface area (Å²) in [5.74, 6) is 0.770. The van der Waals surface area contributed by atoms with Gasteiger partial charge in [-0.1, -0.05) is 0 Å². The van der Waals surface area contributed by atoms with Crippen molar-refractivity contribution in [1.29, 1.82) is 0 Å². The third-order valence-electron chi connectivity index (χ3n) is 6.87. The molecule has 0 saturated carbocycles. The van der Waals surface area contributed by atoms with Crippen LogP contribution in [-0.2, 0) is 31.2 Å². The molecule has 0 aliphatic carbocycles. The minimum atomic E-state index is -5.59. The molecule has 0 N–H and O–H groups in total. The number of hydrogen-bond donors (Lipinski definition) is 0. The fraction of sp³-hybridized carbons (Fsp3) is 0.548. The summed E-state index contributed by atoms with van der Waals surface area (Å²) < 4.78 is 32.5. The van der Waals surface area contributed by atoms with Gasteiger partial charge in [0, 0.05) is 0 Å². The van der Waals surface area contributed by atoms with E-state index in [0.29, 0.717) is 17.9 Å². The van der Waals surface area contributed by atoms with Crippen LogP contribution in [0.5, 0.6) is 11.5 Å². The number of carbonyl (C=O) groups excluding carboxylic acids is 1. The molecule has 1 amide bonds. The van der Waals surface area contributed by atoms with Gasteiger partial charge in [-0.25, -0.2) is 0 Å². The molecule has 2 heterocycles. The first-order valence-corrected chi connectivity index (χ1v) is 16.4. The maximum atomic E-state index is 13.9. The number of rotatable bonds is 3. The topological polar surface area (TPSA) is 128 Å². The first-order chi connectivity index (χ1) is 19.8. The van der Waals surface area contributed by atoms with Gasteiger partial charge in [0.2, 0.25) is 0 Å². The number of hydrogen-bond acceptors (Lipinski definition) is 8. The SMILES string of the molecule is Cc1cc2c(c(C(C)(C)C)c1)OP1(N=[N+]=[N-])(OC(OC(C)C)=NN1C(=O)OC(C)C)Oc1c(cc(C)cc1C(C)(C)C)C2. The van der Waals surface area contributed by atoms with Gasteiger partial charge in [-0.3, -0.25) is 0 Å². The fourth-order valence-corrected chi connectivity index (χ4v) is 7.72. The van der Waals surface area contributed by atoms with Crippen molar-refractivity contribution in [3.8, 4) is 11.5 Å². The Morgan fingerprint density at radius 2 is 1.40 bits per heavy atom. The fourth-order valence-electron chi connectivity index (χ4n) is 5.11. The Balaban J connectivity index is 2.21. The van der Waals surface area contributed by atoms with Crippen LogP contribution < -0.4 is 9.05 Å². The van der Waals surface area contributed by atoms with E-state index in [0.717, 1.165) is 38.2 Å². The normalized spacial score (nSPS) is 18.0. The van der Waals surface area contributed by atoms with Crippen LogP contribution in [0, 0.1) is 13.8 Å². The molecular weight excluding hydrogens is 569 g/mol. The average molecular weight is 614 g/mol. The van der Waals surface area contributed by atoms with Crippen LogP contribution >= 0.6 is 7.59 Å². The summed E-state index contributed by atoms with van der Waals surface area (Å²) in [5.41, 5.74) is 14.6. The Kier molecular flexibility index (Phi) is 8.09. The van der Waals surface area contributed by atoms with Crippen molar-refractivity contribution in [2.75, 3.05) is 0 Å². The Bertz CT molecular complexity index is 1460. The van der Waals surface area contributed by atoms with Crippen LogP contribution in [0.15, 0.2) is 34.3 Å². The van der Waals surface area contributed by atoms with Gasteiger partial charge in [-0.15, -0.1) is 0 Å². The molecule has 0 aromatic heterocycles. The second kappa shape index (κ2) is 10.8. The van der Waals surface area contributed by atoms with Gasteiger partial charge in [0.1, 0.15) is 0 Å².